The van der Waals surface area contributed by atoms with Crippen molar-refractivity contribution in [3.8, 4) is 0 Å². The number of fused-ring (bicyclic) bond motifs is 2. The number of H-pyrrole nitrogens is 1. The van der Waals surface area contributed by atoms with Crippen LogP contribution in [0.5, 0.6) is 0 Å². The van der Waals surface area contributed by atoms with Crippen LogP contribution in [0, 0.1) is 5.92 Å². The Hall–Kier alpha value is -2.37. The Balaban J connectivity index is 1.09. The summed E-state index contributed by atoms with van der Waals surface area (Å²) < 4.78 is 1.29. The number of hydrogen-bond donors (Lipinski definition) is 2. The summed E-state index contributed by atoms with van der Waals surface area (Å²) >= 11 is 1.82. The van der Waals surface area contributed by atoms with Gasteiger partial charge in [0.15, 0.2) is 5.13 Å². The number of thiazole rings is 1. The van der Waals surface area contributed by atoms with Gasteiger partial charge in [0.05, 0.1) is 10.2 Å². The molecule has 1 saturated heterocycles. The number of benzene rings is 2. The lowest BCUT2D eigenvalue weighted by Gasteiger charge is -2.31. The van der Waals surface area contributed by atoms with Crippen LogP contribution in [0.4, 0.5) is 5.13 Å². The van der Waals surface area contributed by atoms with Crippen molar-refractivity contribution >= 4 is 37.6 Å². The molecular formula is C23H26N4S. The molecule has 0 aliphatic carbocycles. The molecule has 1 fully saturated rings. The van der Waals surface area contributed by atoms with Crippen molar-refractivity contribution in [2.75, 3.05) is 31.1 Å². The minimum atomic E-state index is 0.772. The molecule has 2 aromatic heterocycles. The SMILES string of the molecule is c1ccc2sc(N3CCC(CNCCc4c[nH]c5ccccc45)CC3)nc2c1. The van der Waals surface area contributed by atoms with Crippen molar-refractivity contribution in [2.45, 2.75) is 19.3 Å². The fourth-order valence-electron chi connectivity index (χ4n) is 4.19. The van der Waals surface area contributed by atoms with Gasteiger partial charge in [0, 0.05) is 30.2 Å². The molecule has 1 aliphatic rings. The van der Waals surface area contributed by atoms with E-state index in [4.69, 9.17) is 4.98 Å². The second-order valence-electron chi connectivity index (χ2n) is 7.71. The van der Waals surface area contributed by atoms with Crippen molar-refractivity contribution < 1.29 is 0 Å². The normalized spacial score (nSPS) is 15.6. The summed E-state index contributed by atoms with van der Waals surface area (Å²) in [5, 5.41) is 6.23. The smallest absolute Gasteiger partial charge is 0.186 e. The largest absolute Gasteiger partial charge is 0.361 e. The Morgan fingerprint density at radius 3 is 2.79 bits per heavy atom. The predicted octanol–water partition coefficient (Wildman–Crippen LogP) is 4.83. The number of nitrogens with zero attached hydrogens (tertiary/aromatic N) is 2. The van der Waals surface area contributed by atoms with E-state index in [1.807, 2.05) is 11.3 Å². The highest BCUT2D eigenvalue weighted by Crippen LogP contribution is 2.31. The van der Waals surface area contributed by atoms with Crippen LogP contribution >= 0.6 is 11.3 Å². The fourth-order valence-corrected chi connectivity index (χ4v) is 5.21. The van der Waals surface area contributed by atoms with Crippen LogP contribution in [0.2, 0.25) is 0 Å². The first-order valence-electron chi connectivity index (χ1n) is 10.2. The maximum atomic E-state index is 4.82. The number of rotatable bonds is 6. The van der Waals surface area contributed by atoms with Crippen molar-refractivity contribution in [2.24, 2.45) is 5.92 Å². The van der Waals surface area contributed by atoms with Gasteiger partial charge in [-0.25, -0.2) is 4.98 Å². The van der Waals surface area contributed by atoms with Crippen molar-refractivity contribution in [1.82, 2.24) is 15.3 Å². The fraction of sp³-hybridized carbons (Fsp3) is 0.348. The quantitative estimate of drug-likeness (QED) is 0.464. The number of piperidine rings is 1. The molecule has 4 aromatic rings. The summed E-state index contributed by atoms with van der Waals surface area (Å²) in [6.45, 7) is 4.40. The molecule has 0 unspecified atom stereocenters. The Morgan fingerprint density at radius 1 is 1.07 bits per heavy atom. The summed E-state index contributed by atoms with van der Waals surface area (Å²) in [6.07, 6.45) is 5.73. The van der Waals surface area contributed by atoms with Crippen LogP contribution in [-0.2, 0) is 6.42 Å². The minimum absolute atomic E-state index is 0.772. The van der Waals surface area contributed by atoms with Gasteiger partial charge < -0.3 is 15.2 Å². The van der Waals surface area contributed by atoms with Gasteiger partial charge in [0.1, 0.15) is 0 Å². The van der Waals surface area contributed by atoms with Crippen LogP contribution in [-0.4, -0.2) is 36.1 Å². The summed E-state index contributed by atoms with van der Waals surface area (Å²) in [5.41, 5.74) is 3.78. The Labute approximate surface area is 169 Å². The van der Waals surface area contributed by atoms with E-state index in [1.165, 1.54) is 39.1 Å². The Bertz CT molecular complexity index is 1030. The van der Waals surface area contributed by atoms with Gasteiger partial charge in [-0.2, -0.15) is 0 Å². The molecule has 0 bridgehead atoms. The van der Waals surface area contributed by atoms with Gasteiger partial charge in [-0.15, -0.1) is 0 Å². The number of hydrogen-bond acceptors (Lipinski definition) is 4. The van der Waals surface area contributed by atoms with Crippen molar-refractivity contribution in [1.29, 1.82) is 0 Å². The molecule has 1 aliphatic heterocycles. The zero-order valence-electron chi connectivity index (χ0n) is 16.0. The molecule has 0 atom stereocenters. The zero-order valence-corrected chi connectivity index (χ0v) is 16.8. The third kappa shape index (κ3) is 3.64. The molecule has 2 N–H and O–H groups in total. The average molecular weight is 391 g/mol. The molecule has 28 heavy (non-hydrogen) atoms. The van der Waals surface area contributed by atoms with E-state index in [-0.39, 0.29) is 0 Å². The maximum absolute atomic E-state index is 4.82. The third-order valence-corrected chi connectivity index (χ3v) is 6.94. The number of aromatic nitrogens is 2. The first-order chi connectivity index (χ1) is 13.9. The summed E-state index contributed by atoms with van der Waals surface area (Å²) in [4.78, 5) is 10.7. The summed E-state index contributed by atoms with van der Waals surface area (Å²) in [7, 11) is 0. The molecule has 144 valence electrons. The van der Waals surface area contributed by atoms with Crippen LogP contribution in [0.1, 0.15) is 18.4 Å². The van der Waals surface area contributed by atoms with Gasteiger partial charge in [0.2, 0.25) is 0 Å². The molecule has 0 saturated carbocycles. The first-order valence-corrected chi connectivity index (χ1v) is 11.0. The molecule has 0 radical (unpaired) electrons. The standard InChI is InChI=1S/C23H26N4S/c1-2-6-20-19(5-1)18(16-25-20)9-12-24-15-17-10-13-27(14-11-17)23-26-21-7-3-4-8-22(21)28-23/h1-8,16-17,24-25H,9-15H2. The molecule has 0 amide bonds. The summed E-state index contributed by atoms with van der Waals surface area (Å²) in [5.74, 6) is 0.772. The second-order valence-corrected chi connectivity index (χ2v) is 8.72. The van der Waals surface area contributed by atoms with E-state index in [9.17, 15) is 0 Å². The highest BCUT2D eigenvalue weighted by molar-refractivity contribution is 7.22. The molecule has 5 heteroatoms. The average Bonchev–Trinajstić information content (AvgIpc) is 3.36. The van der Waals surface area contributed by atoms with Crippen LogP contribution in [0.25, 0.3) is 21.1 Å². The van der Waals surface area contributed by atoms with E-state index in [0.29, 0.717) is 0 Å². The summed E-state index contributed by atoms with van der Waals surface area (Å²) in [6, 6.07) is 17.0. The predicted molar refractivity (Wildman–Crippen MR) is 119 cm³/mol. The number of anilines is 1. The molecule has 4 nitrogen and oxygen atoms in total. The number of para-hydroxylation sites is 2. The lowest BCUT2D eigenvalue weighted by atomic mass is 9.97. The van der Waals surface area contributed by atoms with Crippen molar-refractivity contribution in [3.63, 3.8) is 0 Å². The van der Waals surface area contributed by atoms with Gasteiger partial charge in [-0.1, -0.05) is 41.7 Å². The number of aromatic amines is 1. The molecule has 5 rings (SSSR count). The van der Waals surface area contributed by atoms with Gasteiger partial charge in [-0.3, -0.25) is 0 Å². The van der Waals surface area contributed by atoms with Crippen molar-refractivity contribution in [3.05, 3.63) is 60.3 Å². The topological polar surface area (TPSA) is 44.0 Å². The maximum Gasteiger partial charge on any atom is 0.186 e. The van der Waals surface area contributed by atoms with Crippen LogP contribution in [0.3, 0.4) is 0 Å². The Kier molecular flexibility index (Phi) is 5.02. The van der Waals surface area contributed by atoms with E-state index < -0.39 is 0 Å². The number of nitrogens with one attached hydrogen (secondary N) is 2. The monoisotopic (exact) mass is 390 g/mol. The molecule has 3 heterocycles. The Morgan fingerprint density at radius 2 is 1.89 bits per heavy atom. The second kappa shape index (κ2) is 7.94. The van der Waals surface area contributed by atoms with Crippen LogP contribution in [0.15, 0.2) is 54.7 Å². The van der Waals surface area contributed by atoms with Gasteiger partial charge in [-0.05, 0) is 62.0 Å². The van der Waals surface area contributed by atoms with E-state index in [0.717, 1.165) is 44.0 Å². The van der Waals surface area contributed by atoms with E-state index >= 15 is 0 Å². The minimum Gasteiger partial charge on any atom is -0.361 e. The molecular weight excluding hydrogens is 364 g/mol. The molecule has 2 aromatic carbocycles. The highest BCUT2D eigenvalue weighted by Gasteiger charge is 2.21. The molecule has 0 spiro atoms. The highest BCUT2D eigenvalue weighted by atomic mass is 32.1. The van der Waals surface area contributed by atoms with E-state index in [2.05, 4.69) is 69.9 Å². The van der Waals surface area contributed by atoms with Gasteiger partial charge >= 0.3 is 0 Å². The first kappa shape index (κ1) is 17.7. The zero-order chi connectivity index (χ0) is 18.8. The lowest BCUT2D eigenvalue weighted by molar-refractivity contribution is 0.384. The van der Waals surface area contributed by atoms with Crippen LogP contribution < -0.4 is 10.2 Å². The van der Waals surface area contributed by atoms with E-state index in [1.54, 1.807) is 0 Å². The third-order valence-electron chi connectivity index (χ3n) is 5.85. The lowest BCUT2D eigenvalue weighted by Crippen LogP contribution is -2.37. The van der Waals surface area contributed by atoms with Gasteiger partial charge in [0.25, 0.3) is 0 Å².